The van der Waals surface area contributed by atoms with E-state index in [4.69, 9.17) is 0 Å². The Morgan fingerprint density at radius 2 is 1.83 bits per heavy atom. The Bertz CT molecular complexity index is 419. The molecular weight excluding hydrogens is 234 g/mol. The maximum Gasteiger partial charge on any atom is 0.248 e. The van der Waals surface area contributed by atoms with E-state index in [0.29, 0.717) is 12.8 Å². The molecule has 1 aromatic carbocycles. The molecule has 0 radical (unpaired) electrons. The summed E-state index contributed by atoms with van der Waals surface area (Å²) in [5.41, 5.74) is 3.02. The zero-order valence-corrected chi connectivity index (χ0v) is 10.9. The number of alkyl halides is 2. The summed E-state index contributed by atoms with van der Waals surface area (Å²) >= 11 is 0. The molecule has 0 amide bonds. The standard InChI is InChI=1S/C15H20F2O/c1-10-3-4-11(2)13(9-10)14(18)12-5-7-15(16,17)8-6-12/h3-4,9,12,14,18H,5-8H2,1-2H3. The number of halogens is 2. The molecule has 100 valence electrons. The third-order valence-electron chi connectivity index (χ3n) is 3.96. The van der Waals surface area contributed by atoms with Crippen LogP contribution in [-0.2, 0) is 0 Å². The van der Waals surface area contributed by atoms with Gasteiger partial charge in [0.25, 0.3) is 0 Å². The van der Waals surface area contributed by atoms with Gasteiger partial charge < -0.3 is 5.11 Å². The lowest BCUT2D eigenvalue weighted by Crippen LogP contribution is -2.28. The highest BCUT2D eigenvalue weighted by molar-refractivity contribution is 5.32. The molecule has 1 aliphatic carbocycles. The zero-order valence-electron chi connectivity index (χ0n) is 10.9. The summed E-state index contributed by atoms with van der Waals surface area (Å²) in [6.07, 6.45) is 0.00318. The van der Waals surface area contributed by atoms with Crippen LogP contribution in [0.1, 0.15) is 48.5 Å². The van der Waals surface area contributed by atoms with Crippen molar-refractivity contribution in [3.8, 4) is 0 Å². The molecule has 3 heteroatoms. The average Bonchev–Trinajstić information content (AvgIpc) is 2.31. The summed E-state index contributed by atoms with van der Waals surface area (Å²) in [7, 11) is 0. The maximum atomic E-state index is 13.1. The summed E-state index contributed by atoms with van der Waals surface area (Å²) in [6.45, 7) is 3.93. The predicted octanol–water partition coefficient (Wildman–Crippen LogP) is 4.16. The number of hydrogen-bond acceptors (Lipinski definition) is 1. The second-order valence-corrected chi connectivity index (χ2v) is 5.50. The zero-order chi connectivity index (χ0) is 13.3. The molecule has 18 heavy (non-hydrogen) atoms. The molecule has 1 saturated carbocycles. The van der Waals surface area contributed by atoms with E-state index in [1.165, 1.54) is 0 Å². The summed E-state index contributed by atoms with van der Waals surface area (Å²) in [6, 6.07) is 5.94. The van der Waals surface area contributed by atoms with Crippen molar-refractivity contribution in [3.05, 3.63) is 34.9 Å². The van der Waals surface area contributed by atoms with Crippen molar-refractivity contribution in [1.82, 2.24) is 0 Å². The van der Waals surface area contributed by atoms with Gasteiger partial charge in [-0.2, -0.15) is 0 Å². The van der Waals surface area contributed by atoms with Crippen molar-refractivity contribution in [2.24, 2.45) is 5.92 Å². The normalized spacial score (nSPS) is 21.8. The monoisotopic (exact) mass is 254 g/mol. The van der Waals surface area contributed by atoms with Gasteiger partial charge in [0.15, 0.2) is 0 Å². The largest absolute Gasteiger partial charge is 0.388 e. The molecule has 0 aliphatic heterocycles. The second-order valence-electron chi connectivity index (χ2n) is 5.50. The molecule has 1 atom stereocenters. The number of benzene rings is 1. The first-order valence-corrected chi connectivity index (χ1v) is 6.52. The van der Waals surface area contributed by atoms with Gasteiger partial charge in [-0.1, -0.05) is 23.8 Å². The molecule has 0 aromatic heterocycles. The van der Waals surface area contributed by atoms with E-state index < -0.39 is 12.0 Å². The summed E-state index contributed by atoms with van der Waals surface area (Å²) < 4.78 is 26.2. The fraction of sp³-hybridized carbons (Fsp3) is 0.600. The van der Waals surface area contributed by atoms with Crippen LogP contribution in [0.3, 0.4) is 0 Å². The Morgan fingerprint density at radius 1 is 1.22 bits per heavy atom. The topological polar surface area (TPSA) is 20.2 Å². The molecular formula is C15H20F2O. The highest BCUT2D eigenvalue weighted by Crippen LogP contribution is 2.41. The highest BCUT2D eigenvalue weighted by Gasteiger charge is 2.37. The molecule has 1 fully saturated rings. The van der Waals surface area contributed by atoms with E-state index in [-0.39, 0.29) is 18.8 Å². The fourth-order valence-corrected chi connectivity index (χ4v) is 2.71. The van der Waals surface area contributed by atoms with Crippen molar-refractivity contribution >= 4 is 0 Å². The van der Waals surface area contributed by atoms with Crippen LogP contribution in [0.4, 0.5) is 8.78 Å². The van der Waals surface area contributed by atoms with Crippen LogP contribution in [0.5, 0.6) is 0 Å². The van der Waals surface area contributed by atoms with Gasteiger partial charge in [0.1, 0.15) is 0 Å². The van der Waals surface area contributed by atoms with E-state index in [0.717, 1.165) is 16.7 Å². The lowest BCUT2D eigenvalue weighted by Gasteiger charge is -2.32. The predicted molar refractivity (Wildman–Crippen MR) is 67.8 cm³/mol. The molecule has 1 aliphatic rings. The Morgan fingerprint density at radius 3 is 2.44 bits per heavy atom. The lowest BCUT2D eigenvalue weighted by atomic mass is 9.80. The van der Waals surface area contributed by atoms with Gasteiger partial charge in [0.2, 0.25) is 5.92 Å². The van der Waals surface area contributed by atoms with Crippen LogP contribution in [0.2, 0.25) is 0 Å². The Labute approximate surface area is 107 Å². The van der Waals surface area contributed by atoms with Crippen LogP contribution < -0.4 is 0 Å². The molecule has 1 N–H and O–H groups in total. The van der Waals surface area contributed by atoms with Crippen LogP contribution in [-0.4, -0.2) is 11.0 Å². The number of aliphatic hydroxyl groups is 1. The fourth-order valence-electron chi connectivity index (χ4n) is 2.71. The molecule has 1 unspecified atom stereocenters. The third-order valence-corrected chi connectivity index (χ3v) is 3.96. The Kier molecular flexibility index (Phi) is 3.71. The molecule has 0 bridgehead atoms. The van der Waals surface area contributed by atoms with Gasteiger partial charge in [-0.25, -0.2) is 8.78 Å². The molecule has 0 heterocycles. The highest BCUT2D eigenvalue weighted by atomic mass is 19.3. The van der Waals surface area contributed by atoms with Gasteiger partial charge in [-0.05, 0) is 43.7 Å². The Hall–Kier alpha value is -0.960. The minimum absolute atomic E-state index is 0.0369. The van der Waals surface area contributed by atoms with Gasteiger partial charge in [-0.3, -0.25) is 0 Å². The molecule has 1 nitrogen and oxygen atoms in total. The maximum absolute atomic E-state index is 13.1. The second kappa shape index (κ2) is 4.96. The van der Waals surface area contributed by atoms with E-state index in [1.807, 2.05) is 32.0 Å². The van der Waals surface area contributed by atoms with E-state index in [2.05, 4.69) is 0 Å². The van der Waals surface area contributed by atoms with Crippen molar-refractivity contribution in [1.29, 1.82) is 0 Å². The first-order chi connectivity index (χ1) is 8.39. The van der Waals surface area contributed by atoms with Crippen LogP contribution in [0.25, 0.3) is 0 Å². The summed E-state index contributed by atoms with van der Waals surface area (Å²) in [5.74, 6) is -2.57. The van der Waals surface area contributed by atoms with Gasteiger partial charge in [0.05, 0.1) is 6.10 Å². The molecule has 0 spiro atoms. The van der Waals surface area contributed by atoms with Crippen molar-refractivity contribution < 1.29 is 13.9 Å². The van der Waals surface area contributed by atoms with Gasteiger partial charge >= 0.3 is 0 Å². The Balaban J connectivity index is 2.12. The van der Waals surface area contributed by atoms with Crippen LogP contribution in [0, 0.1) is 19.8 Å². The first-order valence-electron chi connectivity index (χ1n) is 6.52. The third kappa shape index (κ3) is 2.89. The number of hydrogen-bond donors (Lipinski definition) is 1. The molecule has 2 rings (SSSR count). The lowest BCUT2D eigenvalue weighted by molar-refractivity contribution is -0.0627. The SMILES string of the molecule is Cc1ccc(C)c(C(O)C2CCC(F)(F)CC2)c1. The number of aryl methyl sites for hydroxylation is 2. The van der Waals surface area contributed by atoms with Crippen molar-refractivity contribution in [2.45, 2.75) is 51.6 Å². The number of rotatable bonds is 2. The smallest absolute Gasteiger partial charge is 0.248 e. The van der Waals surface area contributed by atoms with E-state index >= 15 is 0 Å². The van der Waals surface area contributed by atoms with Crippen LogP contribution >= 0.6 is 0 Å². The quantitative estimate of drug-likeness (QED) is 0.840. The molecule has 1 aromatic rings. The summed E-state index contributed by atoms with van der Waals surface area (Å²) in [4.78, 5) is 0. The van der Waals surface area contributed by atoms with Crippen molar-refractivity contribution in [2.75, 3.05) is 0 Å². The molecule has 0 saturated heterocycles. The minimum Gasteiger partial charge on any atom is -0.388 e. The van der Waals surface area contributed by atoms with Gasteiger partial charge in [-0.15, -0.1) is 0 Å². The minimum atomic E-state index is -2.53. The van der Waals surface area contributed by atoms with Gasteiger partial charge in [0, 0.05) is 12.8 Å². The number of aliphatic hydroxyl groups excluding tert-OH is 1. The van der Waals surface area contributed by atoms with Crippen LogP contribution in [0.15, 0.2) is 18.2 Å². The first kappa shape index (κ1) is 13.5. The van der Waals surface area contributed by atoms with E-state index in [9.17, 15) is 13.9 Å². The average molecular weight is 254 g/mol. The summed E-state index contributed by atoms with van der Waals surface area (Å²) in [5, 5.41) is 10.4. The van der Waals surface area contributed by atoms with E-state index in [1.54, 1.807) is 0 Å². The van der Waals surface area contributed by atoms with Crippen molar-refractivity contribution in [3.63, 3.8) is 0 Å².